The predicted molar refractivity (Wildman–Crippen MR) is 93.7 cm³/mol. The highest BCUT2D eigenvalue weighted by Gasteiger charge is 2.17. The monoisotopic (exact) mass is 328 g/mol. The summed E-state index contributed by atoms with van der Waals surface area (Å²) in [7, 11) is 1.69. The van der Waals surface area contributed by atoms with Crippen molar-refractivity contribution in [2.75, 3.05) is 11.9 Å². The van der Waals surface area contributed by atoms with Gasteiger partial charge in [0.05, 0.1) is 10.4 Å². The van der Waals surface area contributed by atoms with Crippen LogP contribution in [0.3, 0.4) is 0 Å². The number of nitrogens with zero attached hydrogens (tertiary/aromatic N) is 2. The van der Waals surface area contributed by atoms with Crippen molar-refractivity contribution >= 4 is 46.0 Å². The Labute approximate surface area is 137 Å². The summed E-state index contributed by atoms with van der Waals surface area (Å²) >= 11 is 1.23. The molecule has 3 rings (SSSR count). The smallest absolute Gasteiger partial charge is 0.321 e. The number of pyridine rings is 1. The molecule has 0 aliphatic rings. The molecule has 0 unspecified atom stereocenters. The molecule has 0 saturated heterocycles. The van der Waals surface area contributed by atoms with Gasteiger partial charge in [-0.05, 0) is 19.1 Å². The summed E-state index contributed by atoms with van der Waals surface area (Å²) in [6.07, 6.45) is 1.69. The molecule has 2 amide bonds. The van der Waals surface area contributed by atoms with Gasteiger partial charge in [0.15, 0.2) is 5.13 Å². The van der Waals surface area contributed by atoms with E-state index < -0.39 is 0 Å². The molecule has 8 heteroatoms. The fourth-order valence-corrected chi connectivity index (χ4v) is 3.23. The van der Waals surface area contributed by atoms with E-state index in [4.69, 9.17) is 0 Å². The summed E-state index contributed by atoms with van der Waals surface area (Å²) in [5, 5.41) is 5.60. The third kappa shape index (κ3) is 3.02. The highest BCUT2D eigenvalue weighted by molar-refractivity contribution is 7.22. The second-order valence-corrected chi connectivity index (χ2v) is 5.95. The number of nitrogens with one attached hydrogen (secondary N) is 2. The zero-order chi connectivity index (χ0) is 16.4. The molecule has 0 spiro atoms. The van der Waals surface area contributed by atoms with Crippen LogP contribution in [0.2, 0.25) is 0 Å². The van der Waals surface area contributed by atoms with Crippen LogP contribution in [0, 0.1) is 5.82 Å². The molecule has 0 fully saturated rings. The number of urea groups is 1. The van der Waals surface area contributed by atoms with Crippen molar-refractivity contribution in [1.29, 1.82) is 0 Å². The molecular formula is C15H14BFN4OS. The highest BCUT2D eigenvalue weighted by atomic mass is 32.1. The minimum absolute atomic E-state index is 0.252. The normalized spacial score (nSPS) is 10.7. The van der Waals surface area contributed by atoms with E-state index in [1.807, 2.05) is 25.1 Å². The van der Waals surface area contributed by atoms with Crippen molar-refractivity contribution in [2.24, 2.45) is 0 Å². The molecule has 3 aromatic rings. The second-order valence-electron chi connectivity index (χ2n) is 4.95. The van der Waals surface area contributed by atoms with E-state index in [9.17, 15) is 9.18 Å². The van der Waals surface area contributed by atoms with Gasteiger partial charge in [-0.25, -0.2) is 14.2 Å². The molecule has 1 aromatic carbocycles. The average Bonchev–Trinajstić information content (AvgIpc) is 2.96. The van der Waals surface area contributed by atoms with Gasteiger partial charge in [-0.3, -0.25) is 10.3 Å². The van der Waals surface area contributed by atoms with Gasteiger partial charge in [0.1, 0.15) is 19.2 Å². The molecule has 2 aromatic heterocycles. The lowest BCUT2D eigenvalue weighted by molar-refractivity contribution is 0.252. The van der Waals surface area contributed by atoms with E-state index >= 15 is 0 Å². The fraction of sp³-hybridized carbons (Fsp3) is 0.133. The maximum Gasteiger partial charge on any atom is 0.321 e. The van der Waals surface area contributed by atoms with E-state index in [0.29, 0.717) is 21.8 Å². The average molecular weight is 328 g/mol. The summed E-state index contributed by atoms with van der Waals surface area (Å²) in [4.78, 5) is 20.2. The molecule has 5 nitrogen and oxygen atoms in total. The quantitative estimate of drug-likeness (QED) is 0.722. The van der Waals surface area contributed by atoms with Crippen LogP contribution in [0.25, 0.3) is 21.5 Å². The molecule has 0 bridgehead atoms. The number of fused-ring (bicyclic) bond motifs is 1. The van der Waals surface area contributed by atoms with Crippen LogP contribution in [0.1, 0.15) is 6.92 Å². The largest absolute Gasteiger partial charge is 0.338 e. The maximum atomic E-state index is 14.4. The first-order chi connectivity index (χ1) is 11.1. The Bertz CT molecular complexity index is 869. The number of benzene rings is 1. The van der Waals surface area contributed by atoms with Crippen LogP contribution in [0.15, 0.2) is 30.5 Å². The molecule has 116 valence electrons. The molecule has 2 heterocycles. The van der Waals surface area contributed by atoms with Gasteiger partial charge in [-0.15, -0.1) is 0 Å². The summed E-state index contributed by atoms with van der Waals surface area (Å²) in [6, 6.07) is 6.97. The first-order valence-corrected chi connectivity index (χ1v) is 7.97. The van der Waals surface area contributed by atoms with Crippen LogP contribution in [0.5, 0.6) is 0 Å². The fourth-order valence-electron chi connectivity index (χ4n) is 2.25. The van der Waals surface area contributed by atoms with Crippen molar-refractivity contribution < 1.29 is 9.18 Å². The summed E-state index contributed by atoms with van der Waals surface area (Å²) < 4.78 is 15.1. The number of carbonyl (C=O) groups is 1. The lowest BCUT2D eigenvalue weighted by atomic mass is 9.92. The zero-order valence-corrected chi connectivity index (χ0v) is 13.5. The van der Waals surface area contributed by atoms with Gasteiger partial charge in [0.2, 0.25) is 0 Å². The van der Waals surface area contributed by atoms with Crippen LogP contribution >= 0.6 is 11.3 Å². The number of hydrogen-bond donors (Lipinski definition) is 2. The first-order valence-electron chi connectivity index (χ1n) is 7.16. The van der Waals surface area contributed by atoms with Gasteiger partial charge in [-0.1, -0.05) is 28.9 Å². The Kier molecular flexibility index (Phi) is 4.25. The number of aromatic nitrogens is 2. The Hall–Kier alpha value is -2.48. The van der Waals surface area contributed by atoms with E-state index in [1.165, 1.54) is 11.3 Å². The summed E-state index contributed by atoms with van der Waals surface area (Å²) in [5.74, 6) is -0.375. The highest BCUT2D eigenvalue weighted by Crippen LogP contribution is 2.34. The number of rotatable bonds is 3. The number of hydrogen-bond acceptors (Lipinski definition) is 4. The van der Waals surface area contributed by atoms with Gasteiger partial charge < -0.3 is 5.32 Å². The Morgan fingerprint density at radius 1 is 1.43 bits per heavy atom. The number of anilines is 1. The molecule has 0 aliphatic carbocycles. The number of halogens is 1. The maximum absolute atomic E-state index is 14.4. The number of amides is 2. The van der Waals surface area contributed by atoms with Crippen molar-refractivity contribution in [3.63, 3.8) is 0 Å². The lowest BCUT2D eigenvalue weighted by Gasteiger charge is -2.05. The zero-order valence-electron chi connectivity index (χ0n) is 12.7. The van der Waals surface area contributed by atoms with Crippen molar-refractivity contribution in [3.05, 3.63) is 36.3 Å². The topological polar surface area (TPSA) is 66.9 Å². The molecule has 0 saturated carbocycles. The minimum Gasteiger partial charge on any atom is -0.338 e. The standard InChI is InChI=1S/C15H14BFN4OS/c1-2-18-14(22)21-15-20-12-11(17)9(16)7-8(13(12)23-15)10-5-3-4-6-19-10/h3-7H,2,16H2,1H3,(H2,18,20,21,22). The van der Waals surface area contributed by atoms with E-state index in [2.05, 4.69) is 20.6 Å². The molecule has 0 aliphatic heterocycles. The lowest BCUT2D eigenvalue weighted by Crippen LogP contribution is -2.28. The Balaban J connectivity index is 2.13. The van der Waals surface area contributed by atoms with Crippen molar-refractivity contribution in [3.8, 4) is 11.3 Å². The predicted octanol–water partition coefficient (Wildman–Crippen LogP) is 1.90. The van der Waals surface area contributed by atoms with Crippen LogP contribution < -0.4 is 16.1 Å². The second kappa shape index (κ2) is 6.33. The van der Waals surface area contributed by atoms with Crippen LogP contribution in [-0.4, -0.2) is 30.4 Å². The number of thiazole rings is 1. The van der Waals surface area contributed by atoms with E-state index in [0.717, 1.165) is 11.3 Å². The summed E-state index contributed by atoms with van der Waals surface area (Å²) in [6.45, 7) is 2.32. The van der Waals surface area contributed by atoms with Crippen molar-refractivity contribution in [2.45, 2.75) is 6.92 Å². The third-order valence-corrected chi connectivity index (χ3v) is 4.29. The van der Waals surface area contributed by atoms with Gasteiger partial charge in [0.25, 0.3) is 0 Å². The molecule has 23 heavy (non-hydrogen) atoms. The summed E-state index contributed by atoms with van der Waals surface area (Å²) in [5.41, 5.74) is 2.30. The van der Waals surface area contributed by atoms with E-state index in [-0.39, 0.29) is 17.4 Å². The van der Waals surface area contributed by atoms with Gasteiger partial charge >= 0.3 is 6.03 Å². The number of carbonyl (C=O) groups excluding carboxylic acids is 1. The Morgan fingerprint density at radius 3 is 2.96 bits per heavy atom. The van der Waals surface area contributed by atoms with Crippen molar-refractivity contribution in [1.82, 2.24) is 15.3 Å². The van der Waals surface area contributed by atoms with Gasteiger partial charge in [0, 0.05) is 18.3 Å². The molecule has 2 N–H and O–H groups in total. The van der Waals surface area contributed by atoms with Gasteiger partial charge in [-0.2, -0.15) is 0 Å². The minimum atomic E-state index is -0.375. The van der Waals surface area contributed by atoms with Crippen LogP contribution in [-0.2, 0) is 0 Å². The SMILES string of the molecule is Bc1cc(-c2ccccn2)c2sc(NC(=O)NCC)nc2c1F. The first kappa shape index (κ1) is 15.4. The van der Waals surface area contributed by atoms with Crippen LogP contribution in [0.4, 0.5) is 14.3 Å². The molecule has 0 atom stereocenters. The molecule has 0 radical (unpaired) electrons. The third-order valence-electron chi connectivity index (χ3n) is 3.29. The molecular weight excluding hydrogens is 314 g/mol. The van der Waals surface area contributed by atoms with E-state index in [1.54, 1.807) is 20.1 Å². The Morgan fingerprint density at radius 2 is 2.26 bits per heavy atom.